The van der Waals surface area contributed by atoms with Gasteiger partial charge in [0.2, 0.25) is 11.8 Å². The monoisotopic (exact) mass is 412 g/mol. The Bertz CT molecular complexity index is 1130. The second-order valence-electron chi connectivity index (χ2n) is 9.44. The van der Waals surface area contributed by atoms with Crippen molar-refractivity contribution in [3.8, 4) is 0 Å². The van der Waals surface area contributed by atoms with Crippen LogP contribution in [0.1, 0.15) is 27.9 Å². The zero-order chi connectivity index (χ0) is 21.4. The van der Waals surface area contributed by atoms with Gasteiger partial charge in [0.05, 0.1) is 17.5 Å². The first-order valence-electron chi connectivity index (χ1n) is 11.0. The summed E-state index contributed by atoms with van der Waals surface area (Å²) in [5.74, 6) is 0.591. The number of nitrogens with one attached hydrogen (secondary N) is 1. The number of amides is 3. The van der Waals surface area contributed by atoms with Crippen LogP contribution in [0.15, 0.2) is 54.6 Å². The molecule has 3 amide bonds. The Kier molecular flexibility index (Phi) is 3.83. The molecule has 156 valence electrons. The highest BCUT2D eigenvalue weighted by Crippen LogP contribution is 2.65. The van der Waals surface area contributed by atoms with Crippen LogP contribution >= 0.6 is 0 Å². The van der Waals surface area contributed by atoms with Crippen LogP contribution in [-0.4, -0.2) is 17.7 Å². The van der Waals surface area contributed by atoms with Crippen molar-refractivity contribution in [3.05, 3.63) is 71.3 Å². The fraction of sp³-hybridized carbons (Fsp3) is 0.346. The minimum atomic E-state index is -0.251. The number of para-hydroxylation sites is 1. The summed E-state index contributed by atoms with van der Waals surface area (Å²) in [5.41, 5.74) is 3.69. The third kappa shape index (κ3) is 2.59. The van der Waals surface area contributed by atoms with Crippen LogP contribution in [0.5, 0.6) is 0 Å². The molecule has 2 aromatic rings. The van der Waals surface area contributed by atoms with Crippen LogP contribution in [0.2, 0.25) is 0 Å². The van der Waals surface area contributed by atoms with Gasteiger partial charge in [0.25, 0.3) is 5.91 Å². The van der Waals surface area contributed by atoms with Gasteiger partial charge < -0.3 is 5.32 Å². The van der Waals surface area contributed by atoms with Crippen LogP contribution in [0.4, 0.5) is 11.4 Å². The van der Waals surface area contributed by atoms with Crippen LogP contribution in [-0.2, 0) is 9.59 Å². The molecule has 5 nitrogen and oxygen atoms in total. The number of rotatable bonds is 3. The van der Waals surface area contributed by atoms with Gasteiger partial charge in [-0.3, -0.25) is 14.4 Å². The zero-order valence-corrected chi connectivity index (χ0v) is 17.5. The Balaban J connectivity index is 1.30. The van der Waals surface area contributed by atoms with Crippen LogP contribution in [0.3, 0.4) is 0 Å². The van der Waals surface area contributed by atoms with Crippen LogP contribution in [0.25, 0.3) is 0 Å². The molecule has 0 spiro atoms. The molecule has 1 saturated heterocycles. The normalized spacial score (nSPS) is 32.1. The van der Waals surface area contributed by atoms with E-state index in [9.17, 15) is 14.4 Å². The van der Waals surface area contributed by atoms with E-state index in [0.717, 1.165) is 23.2 Å². The van der Waals surface area contributed by atoms with Gasteiger partial charge in [-0.25, -0.2) is 4.90 Å². The lowest BCUT2D eigenvalue weighted by atomic mass is 9.63. The first-order valence-corrected chi connectivity index (χ1v) is 11.0. The number of hydrogen-bond donors (Lipinski definition) is 1. The minimum absolute atomic E-state index is 0.105. The fourth-order valence-corrected chi connectivity index (χ4v) is 6.20. The first-order chi connectivity index (χ1) is 15.0. The lowest BCUT2D eigenvalue weighted by Crippen LogP contribution is -2.40. The Labute approximate surface area is 181 Å². The second kappa shape index (κ2) is 6.39. The van der Waals surface area contributed by atoms with Crippen molar-refractivity contribution >= 4 is 29.1 Å². The molecule has 1 N–H and O–H groups in total. The minimum Gasteiger partial charge on any atom is -0.322 e. The molecular weight excluding hydrogens is 388 g/mol. The number of allylic oxidation sites excluding steroid dienone is 2. The van der Waals surface area contributed by atoms with Gasteiger partial charge >= 0.3 is 0 Å². The van der Waals surface area contributed by atoms with Gasteiger partial charge in [-0.1, -0.05) is 36.4 Å². The number of hydrogen-bond acceptors (Lipinski definition) is 3. The van der Waals surface area contributed by atoms with Gasteiger partial charge in [0.15, 0.2) is 0 Å². The van der Waals surface area contributed by atoms with E-state index in [0.29, 0.717) is 23.1 Å². The van der Waals surface area contributed by atoms with Crippen molar-refractivity contribution in [2.75, 3.05) is 10.2 Å². The first kappa shape index (κ1) is 18.6. The Morgan fingerprint density at radius 1 is 0.903 bits per heavy atom. The maximum atomic E-state index is 13.3. The maximum Gasteiger partial charge on any atom is 0.255 e. The van der Waals surface area contributed by atoms with E-state index in [2.05, 4.69) is 17.5 Å². The summed E-state index contributed by atoms with van der Waals surface area (Å²) in [7, 11) is 0. The van der Waals surface area contributed by atoms with E-state index in [4.69, 9.17) is 0 Å². The molecule has 4 aliphatic carbocycles. The highest BCUT2D eigenvalue weighted by molar-refractivity contribution is 6.23. The zero-order valence-electron chi connectivity index (χ0n) is 17.5. The van der Waals surface area contributed by atoms with Crippen LogP contribution < -0.4 is 10.2 Å². The Hall–Kier alpha value is -3.21. The molecule has 7 rings (SSSR count). The number of carbonyl (C=O) groups is 3. The number of imide groups is 1. The average Bonchev–Trinajstić information content (AvgIpc) is 3.54. The summed E-state index contributed by atoms with van der Waals surface area (Å²) in [6.45, 7) is 3.91. The summed E-state index contributed by atoms with van der Waals surface area (Å²) >= 11 is 0. The van der Waals surface area contributed by atoms with Crippen molar-refractivity contribution in [2.45, 2.75) is 20.3 Å². The van der Waals surface area contributed by atoms with E-state index in [-0.39, 0.29) is 41.4 Å². The molecule has 5 heteroatoms. The summed E-state index contributed by atoms with van der Waals surface area (Å²) in [5, 5.41) is 2.98. The number of benzene rings is 2. The van der Waals surface area contributed by atoms with E-state index in [1.54, 1.807) is 24.3 Å². The molecule has 2 aromatic carbocycles. The van der Waals surface area contributed by atoms with Crippen LogP contribution in [0, 0.1) is 49.4 Å². The second-order valence-corrected chi connectivity index (χ2v) is 9.44. The van der Waals surface area contributed by atoms with Gasteiger partial charge in [-0.15, -0.1) is 0 Å². The smallest absolute Gasteiger partial charge is 0.255 e. The van der Waals surface area contributed by atoms with Gasteiger partial charge in [-0.2, -0.15) is 0 Å². The van der Waals surface area contributed by atoms with Crippen molar-refractivity contribution in [1.29, 1.82) is 0 Å². The summed E-state index contributed by atoms with van der Waals surface area (Å²) < 4.78 is 0. The van der Waals surface area contributed by atoms with Gasteiger partial charge in [0, 0.05) is 11.3 Å². The number of anilines is 2. The highest BCUT2D eigenvalue weighted by atomic mass is 16.2. The summed E-state index contributed by atoms with van der Waals surface area (Å²) in [6, 6.07) is 12.7. The average molecular weight is 412 g/mol. The molecule has 2 bridgehead atoms. The van der Waals surface area contributed by atoms with Crippen molar-refractivity contribution in [3.63, 3.8) is 0 Å². The standard InChI is InChI=1S/C26H24N2O3/c1-13-5-3-6-14(2)23(13)27-24(29)15-7-4-8-16(11-15)28-25(30)21-17-9-10-18(20-12-19(17)20)22(21)26(28)31/h3-11,17-22H,12H2,1-2H3,(H,27,29)/t17-,18-,19-,20+,21+,22+/m0/s1. The summed E-state index contributed by atoms with van der Waals surface area (Å²) in [4.78, 5) is 41.0. The summed E-state index contributed by atoms with van der Waals surface area (Å²) in [6.07, 6.45) is 5.48. The lowest BCUT2D eigenvalue weighted by Gasteiger charge is -2.37. The van der Waals surface area contributed by atoms with Gasteiger partial charge in [0.1, 0.15) is 0 Å². The SMILES string of the molecule is Cc1cccc(C)c1NC(=O)c1cccc(N2C(=O)[C@@H]3[C@H]4C=C[C@@H]([C@@H]5C[C@H]45)[C@H]3C2=O)c1. The quantitative estimate of drug-likeness (QED) is 0.609. The molecule has 0 unspecified atom stereocenters. The van der Waals surface area contributed by atoms with Crippen molar-refractivity contribution in [2.24, 2.45) is 35.5 Å². The number of aryl methyl sites for hydroxylation is 2. The largest absolute Gasteiger partial charge is 0.322 e. The van der Waals surface area contributed by atoms with Crippen molar-refractivity contribution in [1.82, 2.24) is 0 Å². The Morgan fingerprint density at radius 2 is 1.48 bits per heavy atom. The molecule has 6 atom stereocenters. The van der Waals surface area contributed by atoms with Crippen molar-refractivity contribution < 1.29 is 14.4 Å². The number of carbonyl (C=O) groups excluding carboxylic acids is 3. The van der Waals surface area contributed by atoms with Gasteiger partial charge in [-0.05, 0) is 73.3 Å². The molecule has 0 aromatic heterocycles. The topological polar surface area (TPSA) is 66.5 Å². The third-order valence-corrected chi connectivity index (χ3v) is 7.75. The molecule has 31 heavy (non-hydrogen) atoms. The maximum absolute atomic E-state index is 13.3. The van der Waals surface area contributed by atoms with E-state index < -0.39 is 0 Å². The predicted molar refractivity (Wildman–Crippen MR) is 118 cm³/mol. The predicted octanol–water partition coefficient (Wildman–Crippen LogP) is 4.11. The molecule has 1 heterocycles. The fourth-order valence-electron chi connectivity index (χ4n) is 6.20. The lowest BCUT2D eigenvalue weighted by molar-refractivity contribution is -0.124. The van der Waals surface area contributed by atoms with E-state index in [1.165, 1.54) is 4.90 Å². The molecule has 0 radical (unpaired) electrons. The van der Waals surface area contributed by atoms with E-state index >= 15 is 0 Å². The molecular formula is C26H24N2O3. The molecule has 5 aliphatic rings. The molecule has 3 fully saturated rings. The Morgan fingerprint density at radius 3 is 2.10 bits per heavy atom. The van der Waals surface area contributed by atoms with E-state index in [1.807, 2.05) is 32.0 Å². The molecule has 1 aliphatic heterocycles. The number of nitrogens with zero attached hydrogens (tertiary/aromatic N) is 1. The molecule has 2 saturated carbocycles. The third-order valence-electron chi connectivity index (χ3n) is 7.75. The highest BCUT2D eigenvalue weighted by Gasteiger charge is 2.67.